The maximum atomic E-state index is 9.75. The Morgan fingerprint density at radius 3 is 2.82 bits per heavy atom. The van der Waals surface area contributed by atoms with Crippen molar-refractivity contribution in [1.82, 2.24) is 9.78 Å². The number of rotatable bonds is 5. The Labute approximate surface area is 131 Å². The summed E-state index contributed by atoms with van der Waals surface area (Å²) < 4.78 is 1.97. The number of anilines is 1. The second-order valence-corrected chi connectivity index (χ2v) is 5.93. The Morgan fingerprint density at radius 1 is 1.27 bits per heavy atom. The molecule has 0 spiro atoms. The molecule has 1 saturated carbocycles. The molecule has 2 aromatic rings. The maximum absolute atomic E-state index is 9.75. The Kier molecular flexibility index (Phi) is 4.63. The van der Waals surface area contributed by atoms with Gasteiger partial charge in [-0.15, -0.1) is 0 Å². The van der Waals surface area contributed by atoms with Gasteiger partial charge in [-0.2, -0.15) is 5.10 Å². The van der Waals surface area contributed by atoms with Crippen molar-refractivity contribution in [2.24, 2.45) is 5.73 Å². The van der Waals surface area contributed by atoms with Crippen LogP contribution in [0.1, 0.15) is 43.7 Å². The number of nitrogens with two attached hydrogens (primary N) is 1. The van der Waals surface area contributed by atoms with Crippen molar-refractivity contribution in [1.29, 1.82) is 0 Å². The normalized spacial score (nSPS) is 15.9. The summed E-state index contributed by atoms with van der Waals surface area (Å²) in [4.78, 5) is 0. The highest BCUT2D eigenvalue weighted by Gasteiger charge is 2.24. The predicted octanol–water partition coefficient (Wildman–Crippen LogP) is 3.00. The topological polar surface area (TPSA) is 76.1 Å². The van der Waals surface area contributed by atoms with Gasteiger partial charge in [0.25, 0.3) is 0 Å². The van der Waals surface area contributed by atoms with Crippen molar-refractivity contribution >= 4 is 5.69 Å². The molecule has 1 heterocycles. The molecule has 0 saturated heterocycles. The first-order valence-corrected chi connectivity index (χ1v) is 8.11. The molecule has 1 aromatic heterocycles. The van der Waals surface area contributed by atoms with Gasteiger partial charge in [0.15, 0.2) is 0 Å². The average molecular weight is 300 g/mol. The lowest BCUT2D eigenvalue weighted by atomic mass is 9.86. The summed E-state index contributed by atoms with van der Waals surface area (Å²) in [7, 11) is 0. The van der Waals surface area contributed by atoms with Gasteiger partial charge < -0.3 is 16.2 Å². The first kappa shape index (κ1) is 14.9. The standard InChI is InChI=1S/C17H24N4O/c18-9-10-19-16-12-20-21(14-7-4-8-15(22)11-14)17(16)13-5-2-1-3-6-13/h4,7-8,11-13,19,22H,1-3,5-6,9-10,18H2. The van der Waals surface area contributed by atoms with Crippen molar-refractivity contribution in [2.75, 3.05) is 18.4 Å². The molecule has 0 aliphatic heterocycles. The summed E-state index contributed by atoms with van der Waals surface area (Å²) in [5.74, 6) is 0.776. The molecule has 1 aliphatic rings. The third kappa shape index (κ3) is 3.09. The molecule has 1 aliphatic carbocycles. The van der Waals surface area contributed by atoms with E-state index in [2.05, 4.69) is 10.4 Å². The van der Waals surface area contributed by atoms with Crippen LogP contribution in [0.3, 0.4) is 0 Å². The van der Waals surface area contributed by atoms with E-state index in [1.54, 1.807) is 12.1 Å². The van der Waals surface area contributed by atoms with Gasteiger partial charge in [-0.25, -0.2) is 4.68 Å². The fourth-order valence-corrected chi connectivity index (χ4v) is 3.30. The highest BCUT2D eigenvalue weighted by molar-refractivity contribution is 5.52. The van der Waals surface area contributed by atoms with E-state index in [1.165, 1.54) is 37.8 Å². The van der Waals surface area contributed by atoms with Crippen LogP contribution in [0.25, 0.3) is 5.69 Å². The number of phenolic OH excluding ortho intramolecular Hbond substituents is 1. The number of benzene rings is 1. The highest BCUT2D eigenvalue weighted by Crippen LogP contribution is 2.37. The van der Waals surface area contributed by atoms with Gasteiger partial charge >= 0.3 is 0 Å². The zero-order valence-corrected chi connectivity index (χ0v) is 12.8. The molecule has 5 nitrogen and oxygen atoms in total. The smallest absolute Gasteiger partial charge is 0.117 e. The van der Waals surface area contributed by atoms with Crippen LogP contribution in [0.15, 0.2) is 30.5 Å². The summed E-state index contributed by atoms with van der Waals surface area (Å²) in [5, 5.41) is 17.7. The lowest BCUT2D eigenvalue weighted by molar-refractivity contribution is 0.430. The molecular formula is C17H24N4O. The number of aromatic nitrogens is 2. The number of phenols is 1. The molecule has 3 rings (SSSR count). The number of nitrogens with zero attached hydrogens (tertiary/aromatic N) is 2. The molecule has 0 radical (unpaired) electrons. The largest absolute Gasteiger partial charge is 0.508 e. The van der Waals surface area contributed by atoms with Crippen LogP contribution in [0, 0.1) is 0 Å². The Balaban J connectivity index is 1.99. The highest BCUT2D eigenvalue weighted by atomic mass is 16.3. The fourth-order valence-electron chi connectivity index (χ4n) is 3.30. The summed E-state index contributed by atoms with van der Waals surface area (Å²) >= 11 is 0. The second-order valence-electron chi connectivity index (χ2n) is 5.93. The van der Waals surface area contributed by atoms with Crippen molar-refractivity contribution in [3.8, 4) is 11.4 Å². The maximum Gasteiger partial charge on any atom is 0.117 e. The minimum atomic E-state index is 0.263. The van der Waals surface area contributed by atoms with Crippen LogP contribution in [0.4, 0.5) is 5.69 Å². The minimum absolute atomic E-state index is 0.263. The molecule has 22 heavy (non-hydrogen) atoms. The van der Waals surface area contributed by atoms with Gasteiger partial charge in [0.2, 0.25) is 0 Å². The third-order valence-corrected chi connectivity index (χ3v) is 4.33. The molecule has 1 aromatic carbocycles. The Bertz CT molecular complexity index is 617. The van der Waals surface area contributed by atoms with Gasteiger partial charge in [-0.05, 0) is 25.0 Å². The summed E-state index contributed by atoms with van der Waals surface area (Å²) in [6, 6.07) is 7.27. The number of aromatic hydroxyl groups is 1. The van der Waals surface area contributed by atoms with Gasteiger partial charge in [-0.1, -0.05) is 25.3 Å². The van der Waals surface area contributed by atoms with Crippen molar-refractivity contribution in [2.45, 2.75) is 38.0 Å². The van der Waals surface area contributed by atoms with Crippen LogP contribution >= 0.6 is 0 Å². The molecule has 0 unspecified atom stereocenters. The molecule has 0 atom stereocenters. The first-order chi connectivity index (χ1) is 10.8. The lowest BCUT2D eigenvalue weighted by Crippen LogP contribution is -2.16. The van der Waals surface area contributed by atoms with E-state index >= 15 is 0 Å². The third-order valence-electron chi connectivity index (χ3n) is 4.33. The summed E-state index contributed by atoms with van der Waals surface area (Å²) in [5.41, 5.74) is 8.82. The zero-order valence-electron chi connectivity index (χ0n) is 12.8. The van der Waals surface area contributed by atoms with Gasteiger partial charge in [0.05, 0.1) is 23.3 Å². The number of nitrogens with one attached hydrogen (secondary N) is 1. The van der Waals surface area contributed by atoms with Crippen LogP contribution in [0.2, 0.25) is 0 Å². The molecule has 0 bridgehead atoms. The quantitative estimate of drug-likeness (QED) is 0.793. The van der Waals surface area contributed by atoms with Crippen LogP contribution in [-0.2, 0) is 0 Å². The molecule has 5 heteroatoms. The Morgan fingerprint density at radius 2 is 2.09 bits per heavy atom. The van der Waals surface area contributed by atoms with Gasteiger partial charge in [0.1, 0.15) is 5.75 Å². The first-order valence-electron chi connectivity index (χ1n) is 8.11. The minimum Gasteiger partial charge on any atom is -0.508 e. The van der Waals surface area contributed by atoms with E-state index in [1.807, 2.05) is 23.0 Å². The van der Waals surface area contributed by atoms with Crippen molar-refractivity contribution in [3.63, 3.8) is 0 Å². The summed E-state index contributed by atoms with van der Waals surface area (Å²) in [6.07, 6.45) is 8.13. The molecule has 4 N–H and O–H groups in total. The Hall–Kier alpha value is -2.01. The van der Waals surface area contributed by atoms with E-state index < -0.39 is 0 Å². The lowest BCUT2D eigenvalue weighted by Gasteiger charge is -2.24. The zero-order chi connectivity index (χ0) is 15.4. The van der Waals surface area contributed by atoms with Crippen LogP contribution in [-0.4, -0.2) is 28.0 Å². The fraction of sp³-hybridized carbons (Fsp3) is 0.471. The SMILES string of the molecule is NCCNc1cnn(-c2cccc(O)c2)c1C1CCCCC1. The van der Waals surface area contributed by atoms with Crippen molar-refractivity contribution < 1.29 is 5.11 Å². The van der Waals surface area contributed by atoms with Gasteiger partial charge in [-0.3, -0.25) is 0 Å². The van der Waals surface area contributed by atoms with E-state index in [0.717, 1.165) is 17.9 Å². The van der Waals surface area contributed by atoms with Crippen LogP contribution in [0.5, 0.6) is 5.75 Å². The monoisotopic (exact) mass is 300 g/mol. The van der Waals surface area contributed by atoms with E-state index in [0.29, 0.717) is 12.5 Å². The van der Waals surface area contributed by atoms with E-state index in [-0.39, 0.29) is 5.75 Å². The molecular weight excluding hydrogens is 276 g/mol. The van der Waals surface area contributed by atoms with E-state index in [4.69, 9.17) is 5.73 Å². The average Bonchev–Trinajstić information content (AvgIpc) is 2.97. The van der Waals surface area contributed by atoms with Crippen LogP contribution < -0.4 is 11.1 Å². The second kappa shape index (κ2) is 6.83. The molecule has 1 fully saturated rings. The van der Waals surface area contributed by atoms with Crippen molar-refractivity contribution in [3.05, 3.63) is 36.2 Å². The molecule has 118 valence electrons. The van der Waals surface area contributed by atoms with Gasteiger partial charge in [0, 0.05) is 25.1 Å². The summed E-state index contributed by atoms with van der Waals surface area (Å²) in [6.45, 7) is 1.34. The van der Waals surface area contributed by atoms with E-state index in [9.17, 15) is 5.11 Å². The predicted molar refractivity (Wildman–Crippen MR) is 88.6 cm³/mol. The number of hydrogen-bond acceptors (Lipinski definition) is 4. The molecule has 0 amide bonds. The number of hydrogen-bond donors (Lipinski definition) is 3.